The molecule has 0 spiro atoms. The molecule has 2 N–H and O–H groups in total. The van der Waals surface area contributed by atoms with Crippen molar-refractivity contribution in [2.24, 2.45) is 0 Å². The third-order valence-electron chi connectivity index (χ3n) is 3.78. The first-order valence-corrected chi connectivity index (χ1v) is 7.25. The SMILES string of the molecule is Cc1ccc(C(=O)NCC(=O)N(CC(=O)O)C2CC2)cc1C. The van der Waals surface area contributed by atoms with Crippen LogP contribution in [-0.4, -0.2) is 46.9 Å². The fourth-order valence-electron chi connectivity index (χ4n) is 2.20. The van der Waals surface area contributed by atoms with Crippen LogP contribution in [-0.2, 0) is 9.59 Å². The molecule has 0 heterocycles. The minimum Gasteiger partial charge on any atom is -0.480 e. The van der Waals surface area contributed by atoms with E-state index in [4.69, 9.17) is 5.11 Å². The summed E-state index contributed by atoms with van der Waals surface area (Å²) in [4.78, 5) is 36.2. The van der Waals surface area contributed by atoms with E-state index >= 15 is 0 Å². The van der Waals surface area contributed by atoms with Gasteiger partial charge in [-0.1, -0.05) is 6.07 Å². The van der Waals surface area contributed by atoms with Crippen molar-refractivity contribution < 1.29 is 19.5 Å². The number of carbonyl (C=O) groups is 3. The molecule has 1 saturated carbocycles. The van der Waals surface area contributed by atoms with Crippen LogP contribution in [0.2, 0.25) is 0 Å². The lowest BCUT2D eigenvalue weighted by Crippen LogP contribution is -2.43. The van der Waals surface area contributed by atoms with Gasteiger partial charge >= 0.3 is 5.97 Å². The van der Waals surface area contributed by atoms with Crippen LogP contribution in [0.5, 0.6) is 0 Å². The highest BCUT2D eigenvalue weighted by atomic mass is 16.4. The summed E-state index contributed by atoms with van der Waals surface area (Å²) in [6, 6.07) is 5.33. The summed E-state index contributed by atoms with van der Waals surface area (Å²) in [7, 11) is 0. The largest absolute Gasteiger partial charge is 0.480 e. The molecule has 118 valence electrons. The fourth-order valence-corrected chi connectivity index (χ4v) is 2.20. The zero-order valence-corrected chi connectivity index (χ0v) is 12.8. The summed E-state index contributed by atoms with van der Waals surface area (Å²) < 4.78 is 0. The monoisotopic (exact) mass is 304 g/mol. The van der Waals surface area contributed by atoms with Crippen molar-refractivity contribution in [1.29, 1.82) is 0 Å². The van der Waals surface area contributed by atoms with Gasteiger partial charge < -0.3 is 15.3 Å². The van der Waals surface area contributed by atoms with E-state index in [9.17, 15) is 14.4 Å². The lowest BCUT2D eigenvalue weighted by Gasteiger charge is -2.20. The van der Waals surface area contributed by atoms with Gasteiger partial charge in [0.15, 0.2) is 0 Å². The summed E-state index contributed by atoms with van der Waals surface area (Å²) in [5, 5.41) is 11.4. The number of hydrogen-bond donors (Lipinski definition) is 2. The van der Waals surface area contributed by atoms with Crippen molar-refractivity contribution in [3.05, 3.63) is 34.9 Å². The van der Waals surface area contributed by atoms with Crippen LogP contribution in [0.25, 0.3) is 0 Å². The van der Waals surface area contributed by atoms with E-state index in [1.54, 1.807) is 12.1 Å². The standard InChI is InChI=1S/C16H20N2O4/c1-10-3-4-12(7-11(10)2)16(22)17-8-14(19)18(9-15(20)21)13-5-6-13/h3-4,7,13H,5-6,8-9H2,1-2H3,(H,17,22)(H,20,21). The molecule has 1 aliphatic carbocycles. The second-order valence-corrected chi connectivity index (χ2v) is 5.63. The first-order valence-electron chi connectivity index (χ1n) is 7.25. The average molecular weight is 304 g/mol. The normalized spacial score (nSPS) is 13.5. The molecule has 0 bridgehead atoms. The first kappa shape index (κ1) is 16.0. The van der Waals surface area contributed by atoms with E-state index in [1.807, 2.05) is 19.9 Å². The maximum absolute atomic E-state index is 12.1. The zero-order valence-electron chi connectivity index (χ0n) is 12.8. The van der Waals surface area contributed by atoms with Crippen molar-refractivity contribution in [2.75, 3.05) is 13.1 Å². The van der Waals surface area contributed by atoms with Gasteiger partial charge in [0.25, 0.3) is 5.91 Å². The number of nitrogens with zero attached hydrogens (tertiary/aromatic N) is 1. The maximum atomic E-state index is 12.1. The van der Waals surface area contributed by atoms with Gasteiger partial charge in [0.1, 0.15) is 6.54 Å². The zero-order chi connectivity index (χ0) is 16.3. The van der Waals surface area contributed by atoms with Crippen LogP contribution < -0.4 is 5.32 Å². The van der Waals surface area contributed by atoms with Crippen molar-refractivity contribution in [1.82, 2.24) is 10.2 Å². The molecule has 2 amide bonds. The molecule has 22 heavy (non-hydrogen) atoms. The lowest BCUT2D eigenvalue weighted by molar-refractivity contribution is -0.144. The molecule has 0 unspecified atom stereocenters. The number of hydrogen-bond acceptors (Lipinski definition) is 3. The first-order chi connectivity index (χ1) is 10.4. The Kier molecular flexibility index (Phi) is 4.80. The Bertz CT molecular complexity index is 608. The fraction of sp³-hybridized carbons (Fsp3) is 0.438. The van der Waals surface area contributed by atoms with Crippen LogP contribution in [0.4, 0.5) is 0 Å². The summed E-state index contributed by atoms with van der Waals surface area (Å²) in [6.45, 7) is 3.37. The smallest absolute Gasteiger partial charge is 0.323 e. The van der Waals surface area contributed by atoms with E-state index in [0.717, 1.165) is 24.0 Å². The van der Waals surface area contributed by atoms with Gasteiger partial charge in [-0.05, 0) is 49.9 Å². The molecule has 0 aliphatic heterocycles. The number of nitrogens with one attached hydrogen (secondary N) is 1. The number of benzene rings is 1. The van der Waals surface area contributed by atoms with Crippen molar-refractivity contribution in [3.63, 3.8) is 0 Å². The summed E-state index contributed by atoms with van der Waals surface area (Å²) in [6.07, 6.45) is 1.65. The maximum Gasteiger partial charge on any atom is 0.323 e. The highest BCUT2D eigenvalue weighted by Gasteiger charge is 2.33. The topological polar surface area (TPSA) is 86.7 Å². The Morgan fingerprint density at radius 2 is 1.91 bits per heavy atom. The van der Waals surface area contributed by atoms with E-state index in [0.29, 0.717) is 5.56 Å². The van der Waals surface area contributed by atoms with Crippen LogP contribution in [0.15, 0.2) is 18.2 Å². The molecule has 0 atom stereocenters. The molecule has 6 heteroatoms. The van der Waals surface area contributed by atoms with E-state index in [-0.39, 0.29) is 30.9 Å². The third kappa shape index (κ3) is 4.07. The number of carbonyl (C=O) groups excluding carboxylic acids is 2. The number of carboxylic acids is 1. The molecule has 1 aromatic carbocycles. The Morgan fingerprint density at radius 1 is 1.23 bits per heavy atom. The molecule has 0 saturated heterocycles. The predicted octanol–water partition coefficient (Wildman–Crippen LogP) is 1.11. The molecule has 0 aromatic heterocycles. The summed E-state index contributed by atoms with van der Waals surface area (Å²) in [5.41, 5.74) is 2.59. The van der Waals surface area contributed by atoms with E-state index in [2.05, 4.69) is 5.32 Å². The molecule has 6 nitrogen and oxygen atoms in total. The third-order valence-corrected chi connectivity index (χ3v) is 3.78. The van der Waals surface area contributed by atoms with Gasteiger partial charge in [-0.15, -0.1) is 0 Å². The van der Waals surface area contributed by atoms with Crippen molar-refractivity contribution in [2.45, 2.75) is 32.7 Å². The van der Waals surface area contributed by atoms with Crippen LogP contribution in [0, 0.1) is 13.8 Å². The van der Waals surface area contributed by atoms with Crippen LogP contribution in [0.1, 0.15) is 34.3 Å². The number of carboxylic acid groups (broad SMARTS) is 1. The highest BCUT2D eigenvalue weighted by Crippen LogP contribution is 2.26. The van der Waals surface area contributed by atoms with Gasteiger partial charge in [0.2, 0.25) is 5.91 Å². The predicted molar refractivity (Wildman–Crippen MR) is 80.6 cm³/mol. The molecule has 2 rings (SSSR count). The summed E-state index contributed by atoms with van der Waals surface area (Å²) >= 11 is 0. The van der Waals surface area contributed by atoms with Crippen molar-refractivity contribution in [3.8, 4) is 0 Å². The van der Waals surface area contributed by atoms with Gasteiger partial charge in [0.05, 0.1) is 6.54 Å². The van der Waals surface area contributed by atoms with Crippen LogP contribution >= 0.6 is 0 Å². The lowest BCUT2D eigenvalue weighted by atomic mass is 10.1. The Hall–Kier alpha value is -2.37. The second-order valence-electron chi connectivity index (χ2n) is 5.63. The van der Waals surface area contributed by atoms with Gasteiger partial charge in [-0.25, -0.2) is 0 Å². The second kappa shape index (κ2) is 6.60. The Labute approximate surface area is 129 Å². The molecular weight excluding hydrogens is 284 g/mol. The molecular formula is C16H20N2O4. The van der Waals surface area contributed by atoms with Crippen LogP contribution in [0.3, 0.4) is 0 Å². The minimum atomic E-state index is -1.04. The molecule has 0 radical (unpaired) electrons. The highest BCUT2D eigenvalue weighted by molar-refractivity contribution is 5.97. The van der Waals surface area contributed by atoms with E-state index < -0.39 is 5.97 Å². The van der Waals surface area contributed by atoms with E-state index in [1.165, 1.54) is 4.90 Å². The minimum absolute atomic E-state index is 0.00196. The van der Waals surface area contributed by atoms with Gasteiger partial charge in [-0.3, -0.25) is 14.4 Å². The summed E-state index contributed by atoms with van der Waals surface area (Å²) in [5.74, 6) is -1.73. The van der Waals surface area contributed by atoms with Crippen molar-refractivity contribution >= 4 is 17.8 Å². The molecule has 1 aliphatic rings. The van der Waals surface area contributed by atoms with Gasteiger partial charge in [0, 0.05) is 11.6 Å². The number of rotatable bonds is 6. The number of aliphatic carboxylic acids is 1. The Morgan fingerprint density at radius 3 is 2.45 bits per heavy atom. The van der Waals surface area contributed by atoms with Gasteiger partial charge in [-0.2, -0.15) is 0 Å². The number of aryl methyl sites for hydroxylation is 2. The quantitative estimate of drug-likeness (QED) is 0.824. The molecule has 1 aromatic rings. The average Bonchev–Trinajstić information content (AvgIpc) is 3.29. The number of amides is 2. The Balaban J connectivity index is 1.93. The molecule has 1 fully saturated rings.